The fourth-order valence-electron chi connectivity index (χ4n) is 3.56. The lowest BCUT2D eigenvalue weighted by atomic mass is 10.1. The Morgan fingerprint density at radius 1 is 0.963 bits per heavy atom. The van der Waals surface area contributed by atoms with Crippen LogP contribution in [0.2, 0.25) is 0 Å². The Bertz CT molecular complexity index is 733. The highest BCUT2D eigenvalue weighted by molar-refractivity contribution is 5.95. The zero-order valence-electron chi connectivity index (χ0n) is 16.4. The van der Waals surface area contributed by atoms with E-state index in [1.165, 1.54) is 5.56 Å². The van der Waals surface area contributed by atoms with E-state index in [1.807, 2.05) is 11.0 Å². The van der Waals surface area contributed by atoms with Crippen molar-refractivity contribution in [2.24, 2.45) is 0 Å². The molecule has 1 fully saturated rings. The first-order valence-electron chi connectivity index (χ1n) is 9.41. The first-order valence-corrected chi connectivity index (χ1v) is 9.41. The molecule has 1 amide bonds. The van der Waals surface area contributed by atoms with Crippen LogP contribution in [0.15, 0.2) is 48.5 Å². The lowest BCUT2D eigenvalue weighted by molar-refractivity contribution is 0.0582. The van der Waals surface area contributed by atoms with Crippen LogP contribution in [-0.2, 0) is 6.42 Å². The molecule has 1 atom stereocenters. The fraction of sp³-hybridized carbons (Fsp3) is 0.409. The third-order valence-electron chi connectivity index (χ3n) is 5.20. The molecular formula is C22H28N2O3. The maximum Gasteiger partial charge on any atom is 0.254 e. The average Bonchev–Trinajstić information content (AvgIpc) is 2.73. The average molecular weight is 368 g/mol. The van der Waals surface area contributed by atoms with Crippen LogP contribution in [0, 0.1) is 0 Å². The molecule has 0 bridgehead atoms. The van der Waals surface area contributed by atoms with Crippen LogP contribution in [0.3, 0.4) is 0 Å². The van der Waals surface area contributed by atoms with Crippen molar-refractivity contribution in [2.75, 3.05) is 40.4 Å². The van der Waals surface area contributed by atoms with E-state index in [2.05, 4.69) is 36.1 Å². The van der Waals surface area contributed by atoms with Gasteiger partial charge in [0.15, 0.2) is 0 Å². The maximum absolute atomic E-state index is 12.9. The van der Waals surface area contributed by atoms with Gasteiger partial charge in [-0.15, -0.1) is 0 Å². The molecule has 2 aromatic carbocycles. The van der Waals surface area contributed by atoms with E-state index < -0.39 is 0 Å². The second-order valence-electron chi connectivity index (χ2n) is 6.97. The summed E-state index contributed by atoms with van der Waals surface area (Å²) in [6.45, 7) is 5.51. The predicted molar refractivity (Wildman–Crippen MR) is 107 cm³/mol. The molecule has 1 heterocycles. The summed E-state index contributed by atoms with van der Waals surface area (Å²) in [5.74, 6) is 1.29. The van der Waals surface area contributed by atoms with Crippen LogP contribution in [0.25, 0.3) is 0 Å². The van der Waals surface area contributed by atoms with Crippen LogP contribution < -0.4 is 9.47 Å². The Morgan fingerprint density at radius 2 is 1.56 bits per heavy atom. The van der Waals surface area contributed by atoms with Gasteiger partial charge >= 0.3 is 0 Å². The number of hydrogen-bond acceptors (Lipinski definition) is 4. The van der Waals surface area contributed by atoms with E-state index in [1.54, 1.807) is 32.4 Å². The summed E-state index contributed by atoms with van der Waals surface area (Å²) in [6.07, 6.45) is 1.03. The number of nitrogens with zero attached hydrogens (tertiary/aromatic N) is 2. The zero-order chi connectivity index (χ0) is 19.2. The number of benzene rings is 2. The van der Waals surface area contributed by atoms with Crippen molar-refractivity contribution in [1.29, 1.82) is 0 Å². The first-order chi connectivity index (χ1) is 13.1. The van der Waals surface area contributed by atoms with Crippen molar-refractivity contribution in [3.8, 4) is 11.5 Å². The first kappa shape index (κ1) is 19.2. The second-order valence-corrected chi connectivity index (χ2v) is 6.97. The normalized spacial score (nSPS) is 16.0. The summed E-state index contributed by atoms with van der Waals surface area (Å²) < 4.78 is 10.6. The lowest BCUT2D eigenvalue weighted by Gasteiger charge is -2.38. The predicted octanol–water partition coefficient (Wildman–Crippen LogP) is 3.09. The van der Waals surface area contributed by atoms with Crippen LogP contribution in [0.1, 0.15) is 22.8 Å². The number of rotatable bonds is 6. The van der Waals surface area contributed by atoms with Gasteiger partial charge in [0.1, 0.15) is 11.5 Å². The Balaban J connectivity index is 1.59. The Hall–Kier alpha value is -2.53. The molecule has 0 aromatic heterocycles. The summed E-state index contributed by atoms with van der Waals surface area (Å²) in [6, 6.07) is 16.3. The van der Waals surface area contributed by atoms with Gasteiger partial charge in [-0.05, 0) is 31.0 Å². The molecule has 0 aliphatic carbocycles. The van der Waals surface area contributed by atoms with E-state index in [9.17, 15) is 4.79 Å². The third-order valence-corrected chi connectivity index (χ3v) is 5.20. The van der Waals surface area contributed by atoms with Gasteiger partial charge < -0.3 is 14.4 Å². The van der Waals surface area contributed by atoms with Crippen LogP contribution in [0.4, 0.5) is 0 Å². The number of amides is 1. The molecule has 5 nitrogen and oxygen atoms in total. The van der Waals surface area contributed by atoms with Crippen molar-refractivity contribution in [3.63, 3.8) is 0 Å². The minimum atomic E-state index is 0.0302. The van der Waals surface area contributed by atoms with E-state index in [0.717, 1.165) is 32.6 Å². The Kier molecular flexibility index (Phi) is 6.35. The molecule has 1 saturated heterocycles. The SMILES string of the molecule is COc1cc(OC)cc(C(=O)N2CCN(C(C)Cc3ccccc3)CC2)c1. The van der Waals surface area contributed by atoms with Gasteiger partial charge in [-0.3, -0.25) is 9.69 Å². The van der Waals surface area contributed by atoms with Crippen LogP contribution >= 0.6 is 0 Å². The number of piperazine rings is 1. The highest BCUT2D eigenvalue weighted by atomic mass is 16.5. The zero-order valence-corrected chi connectivity index (χ0v) is 16.4. The highest BCUT2D eigenvalue weighted by Crippen LogP contribution is 2.24. The van der Waals surface area contributed by atoms with Crippen molar-refractivity contribution < 1.29 is 14.3 Å². The van der Waals surface area contributed by atoms with Gasteiger partial charge in [0.05, 0.1) is 14.2 Å². The number of carbonyl (C=O) groups excluding carboxylic acids is 1. The van der Waals surface area contributed by atoms with E-state index in [0.29, 0.717) is 23.1 Å². The van der Waals surface area contributed by atoms with Crippen LogP contribution in [0.5, 0.6) is 11.5 Å². The molecular weight excluding hydrogens is 340 g/mol. The van der Waals surface area contributed by atoms with Crippen molar-refractivity contribution in [1.82, 2.24) is 9.80 Å². The number of carbonyl (C=O) groups is 1. The molecule has 0 N–H and O–H groups in total. The summed E-state index contributed by atoms with van der Waals surface area (Å²) in [5.41, 5.74) is 1.96. The fourth-order valence-corrected chi connectivity index (χ4v) is 3.56. The van der Waals surface area contributed by atoms with Crippen LogP contribution in [-0.4, -0.2) is 62.1 Å². The molecule has 5 heteroatoms. The largest absolute Gasteiger partial charge is 0.497 e. The topological polar surface area (TPSA) is 42.0 Å². The summed E-state index contributed by atoms with van der Waals surface area (Å²) in [4.78, 5) is 17.3. The quantitative estimate of drug-likeness (QED) is 0.786. The number of methoxy groups -OCH3 is 2. The van der Waals surface area contributed by atoms with Gasteiger partial charge in [-0.25, -0.2) is 0 Å². The Morgan fingerprint density at radius 3 is 2.11 bits per heavy atom. The monoisotopic (exact) mass is 368 g/mol. The third kappa shape index (κ3) is 4.80. The number of ether oxygens (including phenoxy) is 2. The van der Waals surface area contributed by atoms with Crippen molar-refractivity contribution >= 4 is 5.91 Å². The van der Waals surface area contributed by atoms with E-state index in [-0.39, 0.29) is 5.91 Å². The maximum atomic E-state index is 12.9. The molecule has 1 aliphatic heterocycles. The molecule has 27 heavy (non-hydrogen) atoms. The molecule has 1 aliphatic rings. The number of hydrogen-bond donors (Lipinski definition) is 0. The molecule has 0 saturated carbocycles. The second kappa shape index (κ2) is 8.91. The lowest BCUT2D eigenvalue weighted by Crippen LogP contribution is -2.51. The van der Waals surface area contributed by atoms with E-state index in [4.69, 9.17) is 9.47 Å². The smallest absolute Gasteiger partial charge is 0.254 e. The molecule has 144 valence electrons. The van der Waals surface area contributed by atoms with Gasteiger partial charge in [-0.1, -0.05) is 30.3 Å². The van der Waals surface area contributed by atoms with Crippen molar-refractivity contribution in [3.05, 3.63) is 59.7 Å². The molecule has 1 unspecified atom stereocenters. The summed E-state index contributed by atoms with van der Waals surface area (Å²) in [7, 11) is 3.19. The van der Waals surface area contributed by atoms with E-state index >= 15 is 0 Å². The molecule has 0 spiro atoms. The minimum absolute atomic E-state index is 0.0302. The van der Waals surface area contributed by atoms with Gasteiger partial charge in [-0.2, -0.15) is 0 Å². The molecule has 2 aromatic rings. The molecule has 0 radical (unpaired) electrons. The van der Waals surface area contributed by atoms with Gasteiger partial charge in [0, 0.05) is 43.9 Å². The summed E-state index contributed by atoms with van der Waals surface area (Å²) in [5, 5.41) is 0. The van der Waals surface area contributed by atoms with Crippen molar-refractivity contribution in [2.45, 2.75) is 19.4 Å². The Labute approximate surface area is 161 Å². The minimum Gasteiger partial charge on any atom is -0.497 e. The summed E-state index contributed by atoms with van der Waals surface area (Å²) >= 11 is 0. The van der Waals surface area contributed by atoms with Gasteiger partial charge in [0.25, 0.3) is 5.91 Å². The standard InChI is InChI=1S/C22H28N2O3/c1-17(13-18-7-5-4-6-8-18)23-9-11-24(12-10-23)22(25)19-14-20(26-2)16-21(15-19)27-3/h4-8,14-17H,9-13H2,1-3H3. The molecule has 3 rings (SSSR count). The van der Waals surface area contributed by atoms with Gasteiger partial charge in [0.2, 0.25) is 0 Å². The highest BCUT2D eigenvalue weighted by Gasteiger charge is 2.25.